The molecule has 3 heterocycles. The number of rotatable bonds is 4. The largest absolute Gasteiger partial charge is 0.325 e. The second-order valence-electron chi connectivity index (χ2n) is 4.90. The number of hydrogen-bond donors (Lipinski definition) is 1. The van der Waals surface area contributed by atoms with Gasteiger partial charge in [-0.2, -0.15) is 11.3 Å². The highest BCUT2D eigenvalue weighted by Gasteiger charge is 2.32. The van der Waals surface area contributed by atoms with E-state index in [1.807, 2.05) is 0 Å². The maximum atomic E-state index is 12.0. The van der Waals surface area contributed by atoms with Crippen LogP contribution < -0.4 is 5.32 Å². The molecule has 0 spiro atoms. The van der Waals surface area contributed by atoms with Crippen LogP contribution >= 0.6 is 23.1 Å². The van der Waals surface area contributed by atoms with Crippen LogP contribution in [0.25, 0.3) is 0 Å². The zero-order valence-electron chi connectivity index (χ0n) is 10.9. The van der Waals surface area contributed by atoms with Crippen molar-refractivity contribution in [2.75, 3.05) is 45.0 Å². The van der Waals surface area contributed by atoms with Gasteiger partial charge in [-0.25, -0.2) is 0 Å². The van der Waals surface area contributed by atoms with Gasteiger partial charge in [0, 0.05) is 39.3 Å². The van der Waals surface area contributed by atoms with Crippen LogP contribution in [-0.4, -0.2) is 60.7 Å². The molecule has 1 aromatic rings. The van der Waals surface area contributed by atoms with Crippen molar-refractivity contribution >= 4 is 29.0 Å². The Morgan fingerprint density at radius 2 is 2.16 bits per heavy atom. The number of piperazine rings is 1. The Morgan fingerprint density at radius 1 is 1.32 bits per heavy atom. The third-order valence-electron chi connectivity index (χ3n) is 3.66. The predicted molar refractivity (Wildman–Crippen MR) is 80.5 cm³/mol. The fourth-order valence-corrected chi connectivity index (χ4v) is 4.54. The van der Waals surface area contributed by atoms with Crippen molar-refractivity contribution in [2.45, 2.75) is 5.37 Å². The minimum absolute atomic E-state index is 0.238. The van der Waals surface area contributed by atoms with Crippen LogP contribution in [0.2, 0.25) is 0 Å². The van der Waals surface area contributed by atoms with Crippen molar-refractivity contribution < 1.29 is 4.79 Å². The van der Waals surface area contributed by atoms with Gasteiger partial charge in [0.15, 0.2) is 0 Å². The molecule has 104 valence electrons. The van der Waals surface area contributed by atoms with E-state index in [-0.39, 0.29) is 11.3 Å². The number of amides is 1. The second-order valence-corrected chi connectivity index (χ2v) is 6.75. The maximum absolute atomic E-state index is 12.0. The van der Waals surface area contributed by atoms with E-state index < -0.39 is 0 Å². The van der Waals surface area contributed by atoms with Gasteiger partial charge in [-0.05, 0) is 22.4 Å². The quantitative estimate of drug-likeness (QED) is 0.907. The lowest BCUT2D eigenvalue weighted by molar-refractivity contribution is -0.128. The smallest absolute Gasteiger partial charge is 0.233 e. The van der Waals surface area contributed by atoms with Crippen molar-refractivity contribution in [1.29, 1.82) is 0 Å². The van der Waals surface area contributed by atoms with E-state index in [2.05, 4.69) is 31.9 Å². The summed E-state index contributed by atoms with van der Waals surface area (Å²) in [6.45, 7) is 6.17. The molecule has 2 fully saturated rings. The number of thiophene rings is 1. The normalized spacial score (nSPS) is 25.2. The van der Waals surface area contributed by atoms with Crippen LogP contribution in [-0.2, 0) is 4.79 Å². The molecular formula is C13H19N3OS2. The lowest BCUT2D eigenvalue weighted by Crippen LogP contribution is -2.46. The Morgan fingerprint density at radius 3 is 2.89 bits per heavy atom. The number of thioether (sulfide) groups is 1. The Labute approximate surface area is 122 Å². The zero-order valence-corrected chi connectivity index (χ0v) is 12.5. The van der Waals surface area contributed by atoms with Crippen molar-refractivity contribution in [1.82, 2.24) is 15.1 Å². The predicted octanol–water partition coefficient (Wildman–Crippen LogP) is 1.23. The minimum atomic E-state index is 0.238. The molecular weight excluding hydrogens is 278 g/mol. The van der Waals surface area contributed by atoms with Crippen LogP contribution in [0, 0.1) is 0 Å². The number of carbonyl (C=O) groups excluding carboxylic acids is 1. The minimum Gasteiger partial charge on any atom is -0.325 e. The highest BCUT2D eigenvalue weighted by molar-refractivity contribution is 8.00. The number of nitrogens with zero attached hydrogens (tertiary/aromatic N) is 2. The first kappa shape index (κ1) is 13.4. The molecule has 1 amide bonds. The van der Waals surface area contributed by atoms with Gasteiger partial charge in [-0.3, -0.25) is 9.69 Å². The lowest BCUT2D eigenvalue weighted by atomic mass is 10.3. The summed E-state index contributed by atoms with van der Waals surface area (Å²) < 4.78 is 0. The highest BCUT2D eigenvalue weighted by Crippen LogP contribution is 2.39. The topological polar surface area (TPSA) is 35.6 Å². The van der Waals surface area contributed by atoms with Crippen molar-refractivity contribution in [3.05, 3.63) is 22.4 Å². The summed E-state index contributed by atoms with van der Waals surface area (Å²) >= 11 is 3.46. The Bertz CT molecular complexity index is 418. The molecule has 1 N–H and O–H groups in total. The SMILES string of the molecule is O=C1CSC(c2ccsc2)N1CCN1CCNCC1. The molecule has 0 aliphatic carbocycles. The van der Waals surface area contributed by atoms with Crippen LogP contribution in [0.1, 0.15) is 10.9 Å². The van der Waals surface area contributed by atoms with Gasteiger partial charge in [0.05, 0.1) is 5.75 Å². The van der Waals surface area contributed by atoms with Gasteiger partial charge < -0.3 is 10.2 Å². The summed E-state index contributed by atoms with van der Waals surface area (Å²) in [6.07, 6.45) is 0. The van der Waals surface area contributed by atoms with Crippen molar-refractivity contribution in [2.24, 2.45) is 0 Å². The van der Waals surface area contributed by atoms with Gasteiger partial charge in [-0.1, -0.05) is 0 Å². The summed E-state index contributed by atoms with van der Waals surface area (Å²) in [5, 5.41) is 7.85. The third kappa shape index (κ3) is 3.13. The first-order valence-corrected chi connectivity index (χ1v) is 8.70. The molecule has 0 aromatic carbocycles. The molecule has 0 radical (unpaired) electrons. The summed E-state index contributed by atoms with van der Waals surface area (Å²) in [6, 6.07) is 2.14. The van der Waals surface area contributed by atoms with E-state index in [0.29, 0.717) is 5.75 Å². The van der Waals surface area contributed by atoms with E-state index in [1.54, 1.807) is 23.1 Å². The van der Waals surface area contributed by atoms with E-state index >= 15 is 0 Å². The molecule has 2 saturated heterocycles. The molecule has 1 unspecified atom stereocenters. The summed E-state index contributed by atoms with van der Waals surface area (Å²) in [5.74, 6) is 0.915. The van der Waals surface area contributed by atoms with E-state index in [1.165, 1.54) is 5.56 Å². The Balaban J connectivity index is 1.59. The van der Waals surface area contributed by atoms with Crippen molar-refractivity contribution in [3.63, 3.8) is 0 Å². The van der Waals surface area contributed by atoms with E-state index in [0.717, 1.165) is 39.3 Å². The average Bonchev–Trinajstić information content (AvgIpc) is 3.07. The Hall–Kier alpha value is -0.560. The fourth-order valence-electron chi connectivity index (χ4n) is 2.57. The van der Waals surface area contributed by atoms with Crippen LogP contribution in [0.5, 0.6) is 0 Å². The Kier molecular flexibility index (Phi) is 4.42. The van der Waals surface area contributed by atoms with Crippen LogP contribution in [0.15, 0.2) is 16.8 Å². The zero-order chi connectivity index (χ0) is 13.1. The average molecular weight is 297 g/mol. The fraction of sp³-hybridized carbons (Fsp3) is 0.615. The molecule has 2 aliphatic heterocycles. The molecule has 0 saturated carbocycles. The molecule has 1 atom stereocenters. The van der Waals surface area contributed by atoms with Gasteiger partial charge in [0.1, 0.15) is 5.37 Å². The number of hydrogen-bond acceptors (Lipinski definition) is 5. The van der Waals surface area contributed by atoms with Crippen LogP contribution in [0.3, 0.4) is 0 Å². The molecule has 19 heavy (non-hydrogen) atoms. The maximum Gasteiger partial charge on any atom is 0.233 e. The summed E-state index contributed by atoms with van der Waals surface area (Å²) in [5.41, 5.74) is 1.28. The number of carbonyl (C=O) groups is 1. The summed E-state index contributed by atoms with van der Waals surface area (Å²) in [4.78, 5) is 16.5. The van der Waals surface area contributed by atoms with Gasteiger partial charge in [0.25, 0.3) is 0 Å². The lowest BCUT2D eigenvalue weighted by Gasteiger charge is -2.30. The van der Waals surface area contributed by atoms with Crippen molar-refractivity contribution in [3.8, 4) is 0 Å². The standard InChI is InChI=1S/C13H19N3OS2/c17-12-10-19-13(11-1-8-18-9-11)16(12)7-6-15-4-2-14-3-5-15/h1,8-9,13-14H,2-7,10H2. The molecule has 6 heteroatoms. The first-order valence-electron chi connectivity index (χ1n) is 6.71. The number of nitrogens with one attached hydrogen (secondary N) is 1. The molecule has 3 rings (SSSR count). The van der Waals surface area contributed by atoms with E-state index in [4.69, 9.17) is 0 Å². The summed E-state index contributed by atoms with van der Waals surface area (Å²) in [7, 11) is 0. The molecule has 1 aromatic heterocycles. The third-order valence-corrected chi connectivity index (χ3v) is 5.62. The van der Waals surface area contributed by atoms with Crippen LogP contribution in [0.4, 0.5) is 0 Å². The highest BCUT2D eigenvalue weighted by atomic mass is 32.2. The molecule has 0 bridgehead atoms. The molecule has 2 aliphatic rings. The first-order chi connectivity index (χ1) is 9.34. The second kappa shape index (κ2) is 6.26. The van der Waals surface area contributed by atoms with Gasteiger partial charge in [0.2, 0.25) is 5.91 Å². The van der Waals surface area contributed by atoms with E-state index in [9.17, 15) is 4.79 Å². The van der Waals surface area contributed by atoms with Gasteiger partial charge in [-0.15, -0.1) is 11.8 Å². The van der Waals surface area contributed by atoms with Gasteiger partial charge >= 0.3 is 0 Å². The monoisotopic (exact) mass is 297 g/mol. The molecule has 4 nitrogen and oxygen atoms in total.